The monoisotopic (exact) mass is 569 g/mol. The van der Waals surface area contributed by atoms with Gasteiger partial charge in [0, 0.05) is 27.6 Å². The number of halogens is 1. The average molecular weight is 570 g/mol. The van der Waals surface area contributed by atoms with Crippen LogP contribution in [0.15, 0.2) is 42.5 Å². The molecule has 2 aliphatic carbocycles. The van der Waals surface area contributed by atoms with E-state index in [0.29, 0.717) is 21.7 Å². The van der Waals surface area contributed by atoms with Gasteiger partial charge >= 0.3 is 0 Å². The first-order valence-corrected chi connectivity index (χ1v) is 13.9. The summed E-state index contributed by atoms with van der Waals surface area (Å²) in [7, 11) is 1.73. The molecule has 2 saturated carbocycles. The van der Waals surface area contributed by atoms with Crippen molar-refractivity contribution in [2.24, 2.45) is 11.8 Å². The molecule has 34 heavy (non-hydrogen) atoms. The smallest absolute Gasteiger partial charge is 0.230 e. The van der Waals surface area contributed by atoms with E-state index in [4.69, 9.17) is 11.2 Å². The molecule has 4 heteroatoms. The minimum atomic E-state index is 0.138. The molecule has 0 N–H and O–H groups in total. The maximum atomic E-state index is 13.7. The Kier molecular flexibility index (Phi) is 8.58. The molecule has 0 heterocycles. The standard InChI is InChI=1S/C30H36INO2/c1-4-22-6-5-7-28(19-22)32(30(33)25-12-15-27(31)16-13-25)20-23-8-10-24(11-9-23)26-14-17-29(34-3)21(2)18-26/h1,5-7,14,17-19,23-25,27H,8-13,15-16,20H2,2-3H3. The Morgan fingerprint density at radius 3 is 2.44 bits per heavy atom. The predicted molar refractivity (Wildman–Crippen MR) is 149 cm³/mol. The topological polar surface area (TPSA) is 29.5 Å². The van der Waals surface area contributed by atoms with Crippen LogP contribution in [0.4, 0.5) is 5.69 Å². The van der Waals surface area contributed by atoms with Crippen LogP contribution in [0.1, 0.15) is 74.0 Å². The summed E-state index contributed by atoms with van der Waals surface area (Å²) in [4.78, 5) is 15.8. The quantitative estimate of drug-likeness (QED) is 0.208. The van der Waals surface area contributed by atoms with Gasteiger partial charge in [-0.1, -0.05) is 46.7 Å². The van der Waals surface area contributed by atoms with Gasteiger partial charge in [0.05, 0.1) is 7.11 Å². The highest BCUT2D eigenvalue weighted by Gasteiger charge is 2.32. The fraction of sp³-hybridized carbons (Fsp3) is 0.500. The predicted octanol–water partition coefficient (Wildman–Crippen LogP) is 7.29. The first-order valence-electron chi connectivity index (χ1n) is 12.6. The number of nitrogens with zero attached hydrogens (tertiary/aromatic N) is 1. The second kappa shape index (κ2) is 11.6. The summed E-state index contributed by atoms with van der Waals surface area (Å²) < 4.78 is 6.14. The third-order valence-electron chi connectivity index (χ3n) is 7.77. The Morgan fingerprint density at radius 2 is 1.79 bits per heavy atom. The number of rotatable bonds is 6. The van der Waals surface area contributed by atoms with Crippen molar-refractivity contribution in [1.29, 1.82) is 0 Å². The lowest BCUT2D eigenvalue weighted by Crippen LogP contribution is -2.41. The van der Waals surface area contributed by atoms with E-state index in [2.05, 4.69) is 64.6 Å². The zero-order valence-corrected chi connectivity index (χ0v) is 22.6. The van der Waals surface area contributed by atoms with E-state index in [9.17, 15) is 4.79 Å². The van der Waals surface area contributed by atoms with Crippen LogP contribution < -0.4 is 9.64 Å². The molecule has 0 aliphatic heterocycles. The van der Waals surface area contributed by atoms with E-state index in [1.165, 1.54) is 24.0 Å². The lowest BCUT2D eigenvalue weighted by atomic mass is 9.78. The number of carbonyl (C=O) groups excluding carboxylic acids is 1. The van der Waals surface area contributed by atoms with Crippen LogP contribution in [0.3, 0.4) is 0 Å². The summed E-state index contributed by atoms with van der Waals surface area (Å²) in [6.45, 7) is 2.92. The number of aryl methyl sites for hydroxylation is 1. The first-order chi connectivity index (χ1) is 16.5. The molecule has 0 spiro atoms. The molecule has 1 amide bonds. The van der Waals surface area contributed by atoms with Gasteiger partial charge in [-0.05, 0) is 106 Å². The number of ether oxygens (including phenoxy) is 1. The van der Waals surface area contributed by atoms with Crippen molar-refractivity contribution in [3.05, 3.63) is 59.2 Å². The highest BCUT2D eigenvalue weighted by molar-refractivity contribution is 14.1. The highest BCUT2D eigenvalue weighted by Crippen LogP contribution is 2.39. The molecular weight excluding hydrogens is 533 g/mol. The molecule has 0 atom stereocenters. The van der Waals surface area contributed by atoms with Gasteiger partial charge in [-0.3, -0.25) is 4.79 Å². The minimum Gasteiger partial charge on any atom is -0.496 e. The van der Waals surface area contributed by atoms with Gasteiger partial charge in [0.1, 0.15) is 5.75 Å². The second-order valence-electron chi connectivity index (χ2n) is 10.0. The molecule has 0 saturated heterocycles. The van der Waals surface area contributed by atoms with Crippen LogP contribution in [0.2, 0.25) is 0 Å². The minimum absolute atomic E-state index is 0.138. The Bertz CT molecular complexity index is 1030. The fourth-order valence-electron chi connectivity index (χ4n) is 5.70. The van der Waals surface area contributed by atoms with E-state index in [1.54, 1.807) is 7.11 Å². The van der Waals surface area contributed by atoms with Crippen molar-refractivity contribution >= 4 is 34.2 Å². The van der Waals surface area contributed by atoms with Crippen molar-refractivity contribution in [3.63, 3.8) is 0 Å². The number of alkyl halides is 1. The summed E-state index contributed by atoms with van der Waals surface area (Å²) in [5.74, 6) is 5.24. The molecule has 2 aromatic carbocycles. The fourth-order valence-corrected chi connectivity index (χ4v) is 6.42. The van der Waals surface area contributed by atoms with Gasteiger partial charge in [0.2, 0.25) is 5.91 Å². The van der Waals surface area contributed by atoms with Crippen LogP contribution in [0, 0.1) is 31.1 Å². The lowest BCUT2D eigenvalue weighted by Gasteiger charge is -2.36. The van der Waals surface area contributed by atoms with E-state index in [-0.39, 0.29) is 5.92 Å². The number of anilines is 1. The molecule has 0 unspecified atom stereocenters. The SMILES string of the molecule is C#Cc1cccc(N(CC2CCC(c3ccc(OC)c(C)c3)CC2)C(=O)C2CCC(I)CC2)c1. The number of hydrogen-bond acceptors (Lipinski definition) is 2. The molecule has 180 valence electrons. The molecule has 2 fully saturated rings. The van der Waals surface area contributed by atoms with E-state index < -0.39 is 0 Å². The van der Waals surface area contributed by atoms with Crippen LogP contribution in [-0.4, -0.2) is 23.5 Å². The van der Waals surface area contributed by atoms with Gasteiger partial charge in [0.25, 0.3) is 0 Å². The van der Waals surface area contributed by atoms with Gasteiger partial charge in [-0.15, -0.1) is 6.42 Å². The van der Waals surface area contributed by atoms with Gasteiger partial charge in [-0.25, -0.2) is 0 Å². The molecule has 2 aromatic rings. The number of methoxy groups -OCH3 is 1. The zero-order chi connectivity index (χ0) is 24.1. The van der Waals surface area contributed by atoms with Crippen molar-refractivity contribution in [1.82, 2.24) is 0 Å². The number of amides is 1. The Hall–Kier alpha value is -2.00. The van der Waals surface area contributed by atoms with Crippen LogP contribution in [0.25, 0.3) is 0 Å². The Morgan fingerprint density at radius 1 is 1.06 bits per heavy atom. The number of terminal acetylenes is 1. The summed E-state index contributed by atoms with van der Waals surface area (Å²) in [6.07, 6.45) is 14.6. The van der Waals surface area contributed by atoms with Gasteiger partial charge < -0.3 is 9.64 Å². The maximum absolute atomic E-state index is 13.7. The number of hydrogen-bond donors (Lipinski definition) is 0. The van der Waals surface area contributed by atoms with E-state index >= 15 is 0 Å². The summed E-state index contributed by atoms with van der Waals surface area (Å²) >= 11 is 2.53. The van der Waals surface area contributed by atoms with E-state index in [0.717, 1.165) is 62.1 Å². The molecule has 2 aliphatic rings. The normalized spacial score (nSPS) is 24.8. The molecule has 0 radical (unpaired) electrons. The lowest BCUT2D eigenvalue weighted by molar-refractivity contribution is -0.123. The highest BCUT2D eigenvalue weighted by atomic mass is 127. The average Bonchev–Trinajstić information content (AvgIpc) is 2.87. The number of carbonyl (C=O) groups is 1. The second-order valence-corrected chi connectivity index (χ2v) is 11.8. The van der Waals surface area contributed by atoms with Crippen LogP contribution in [0.5, 0.6) is 5.75 Å². The summed E-state index contributed by atoms with van der Waals surface area (Å²) in [6, 6.07) is 14.6. The van der Waals surface area contributed by atoms with Crippen LogP contribution >= 0.6 is 22.6 Å². The zero-order valence-electron chi connectivity index (χ0n) is 20.4. The van der Waals surface area contributed by atoms with Gasteiger partial charge in [0.15, 0.2) is 0 Å². The third-order valence-corrected chi connectivity index (χ3v) is 9.02. The van der Waals surface area contributed by atoms with Crippen molar-refractivity contribution in [2.45, 2.75) is 68.1 Å². The first kappa shape index (κ1) is 25.1. The third kappa shape index (κ3) is 5.97. The molecular formula is C30H36INO2. The molecule has 4 rings (SSSR count). The molecule has 0 bridgehead atoms. The summed E-state index contributed by atoms with van der Waals surface area (Å²) in [5.41, 5.74) is 4.42. The van der Waals surface area contributed by atoms with Crippen LogP contribution in [-0.2, 0) is 4.79 Å². The molecule has 3 nitrogen and oxygen atoms in total. The Labute approximate surface area is 218 Å². The van der Waals surface area contributed by atoms with Crippen molar-refractivity contribution in [3.8, 4) is 18.1 Å². The van der Waals surface area contributed by atoms with Crippen molar-refractivity contribution in [2.75, 3.05) is 18.6 Å². The summed E-state index contributed by atoms with van der Waals surface area (Å²) in [5, 5.41) is 0. The maximum Gasteiger partial charge on any atom is 0.230 e. The van der Waals surface area contributed by atoms with E-state index in [1.807, 2.05) is 18.2 Å². The largest absolute Gasteiger partial charge is 0.496 e. The molecule has 0 aromatic heterocycles. The van der Waals surface area contributed by atoms with Gasteiger partial charge in [-0.2, -0.15) is 0 Å². The number of benzene rings is 2. The van der Waals surface area contributed by atoms with Crippen molar-refractivity contribution < 1.29 is 9.53 Å². The Balaban J connectivity index is 1.46.